The van der Waals surface area contributed by atoms with Gasteiger partial charge < -0.3 is 10.1 Å². The summed E-state index contributed by atoms with van der Waals surface area (Å²) in [6.07, 6.45) is 4.23. The Bertz CT molecular complexity index is 333. The predicted molar refractivity (Wildman–Crippen MR) is 70.8 cm³/mol. The van der Waals surface area contributed by atoms with Crippen molar-refractivity contribution in [1.29, 1.82) is 0 Å². The molecule has 2 rings (SSSR count). The van der Waals surface area contributed by atoms with E-state index in [0.29, 0.717) is 0 Å². The van der Waals surface area contributed by atoms with Crippen molar-refractivity contribution in [3.05, 3.63) is 35.4 Å². The van der Waals surface area contributed by atoms with Crippen LogP contribution < -0.4 is 5.32 Å². The second-order valence-electron chi connectivity index (χ2n) is 4.81. The number of hydrogen-bond donors (Lipinski definition) is 1. The second kappa shape index (κ2) is 6.77. The standard InChI is InChI=1S/C15H23NO/c1-2-17-12-15-6-4-3-5-14(15)11-16-10-9-13-7-8-13/h3-6,13,16H,2,7-12H2,1H3. The minimum atomic E-state index is 0.733. The molecule has 0 aliphatic heterocycles. The highest BCUT2D eigenvalue weighted by molar-refractivity contribution is 5.26. The number of ether oxygens (including phenoxy) is 1. The number of nitrogens with one attached hydrogen (secondary N) is 1. The molecule has 0 spiro atoms. The largest absolute Gasteiger partial charge is 0.377 e. The predicted octanol–water partition coefficient (Wildman–Crippen LogP) is 3.11. The van der Waals surface area contributed by atoms with E-state index in [4.69, 9.17) is 4.74 Å². The van der Waals surface area contributed by atoms with E-state index in [0.717, 1.165) is 32.2 Å². The van der Waals surface area contributed by atoms with Crippen LogP contribution in [-0.4, -0.2) is 13.2 Å². The zero-order valence-electron chi connectivity index (χ0n) is 10.7. The molecule has 2 nitrogen and oxygen atoms in total. The van der Waals surface area contributed by atoms with Gasteiger partial charge in [0.25, 0.3) is 0 Å². The monoisotopic (exact) mass is 233 g/mol. The summed E-state index contributed by atoms with van der Waals surface area (Å²) in [6, 6.07) is 8.54. The van der Waals surface area contributed by atoms with E-state index < -0.39 is 0 Å². The average Bonchev–Trinajstić information content (AvgIpc) is 3.17. The van der Waals surface area contributed by atoms with Gasteiger partial charge in [0.1, 0.15) is 0 Å². The maximum atomic E-state index is 5.49. The van der Waals surface area contributed by atoms with Gasteiger partial charge in [-0.1, -0.05) is 37.1 Å². The van der Waals surface area contributed by atoms with E-state index in [1.54, 1.807) is 0 Å². The van der Waals surface area contributed by atoms with Gasteiger partial charge in [0, 0.05) is 13.2 Å². The smallest absolute Gasteiger partial charge is 0.0719 e. The molecule has 1 fully saturated rings. The summed E-state index contributed by atoms with van der Waals surface area (Å²) in [7, 11) is 0. The molecule has 0 radical (unpaired) electrons. The van der Waals surface area contributed by atoms with Crippen LogP contribution in [0.5, 0.6) is 0 Å². The highest BCUT2D eigenvalue weighted by atomic mass is 16.5. The van der Waals surface area contributed by atoms with Gasteiger partial charge >= 0.3 is 0 Å². The van der Waals surface area contributed by atoms with Crippen molar-refractivity contribution in [3.63, 3.8) is 0 Å². The van der Waals surface area contributed by atoms with E-state index in [9.17, 15) is 0 Å². The summed E-state index contributed by atoms with van der Waals surface area (Å²) in [5.41, 5.74) is 2.69. The lowest BCUT2D eigenvalue weighted by Gasteiger charge is -2.10. The highest BCUT2D eigenvalue weighted by Crippen LogP contribution is 2.31. The molecule has 1 N–H and O–H groups in total. The Morgan fingerprint density at radius 1 is 1.24 bits per heavy atom. The van der Waals surface area contributed by atoms with Crippen LogP contribution >= 0.6 is 0 Å². The Morgan fingerprint density at radius 2 is 2.00 bits per heavy atom. The molecular formula is C15H23NO. The molecular weight excluding hydrogens is 210 g/mol. The topological polar surface area (TPSA) is 21.3 Å². The molecule has 0 bridgehead atoms. The summed E-state index contributed by atoms with van der Waals surface area (Å²) in [5, 5.41) is 3.53. The molecule has 0 saturated heterocycles. The summed E-state index contributed by atoms with van der Waals surface area (Å²) < 4.78 is 5.49. The van der Waals surface area contributed by atoms with Crippen molar-refractivity contribution in [2.45, 2.75) is 39.3 Å². The first-order valence-corrected chi connectivity index (χ1v) is 6.75. The fourth-order valence-corrected chi connectivity index (χ4v) is 2.02. The Kier molecular flexibility index (Phi) is 5.02. The molecule has 1 aliphatic carbocycles. The van der Waals surface area contributed by atoms with E-state index in [1.165, 1.54) is 30.4 Å². The number of benzene rings is 1. The minimum absolute atomic E-state index is 0.733. The van der Waals surface area contributed by atoms with Crippen molar-refractivity contribution in [3.8, 4) is 0 Å². The quantitative estimate of drug-likeness (QED) is 0.697. The molecule has 1 aliphatic rings. The lowest BCUT2D eigenvalue weighted by Crippen LogP contribution is -2.16. The van der Waals surface area contributed by atoms with Gasteiger partial charge in [-0.05, 0) is 36.9 Å². The SMILES string of the molecule is CCOCc1ccccc1CNCCC1CC1. The van der Waals surface area contributed by atoms with E-state index in [1.807, 2.05) is 6.92 Å². The second-order valence-corrected chi connectivity index (χ2v) is 4.81. The Morgan fingerprint density at radius 3 is 2.71 bits per heavy atom. The molecule has 94 valence electrons. The van der Waals surface area contributed by atoms with Gasteiger partial charge in [0.15, 0.2) is 0 Å². The van der Waals surface area contributed by atoms with Crippen LogP contribution in [0.3, 0.4) is 0 Å². The van der Waals surface area contributed by atoms with Crippen molar-refractivity contribution in [1.82, 2.24) is 5.32 Å². The lowest BCUT2D eigenvalue weighted by molar-refractivity contribution is 0.133. The third-order valence-corrected chi connectivity index (χ3v) is 3.32. The van der Waals surface area contributed by atoms with Crippen molar-refractivity contribution in [2.24, 2.45) is 5.92 Å². The minimum Gasteiger partial charge on any atom is -0.377 e. The Hall–Kier alpha value is -0.860. The van der Waals surface area contributed by atoms with Gasteiger partial charge in [-0.25, -0.2) is 0 Å². The third-order valence-electron chi connectivity index (χ3n) is 3.32. The van der Waals surface area contributed by atoms with Gasteiger partial charge in [0.05, 0.1) is 6.61 Å². The zero-order chi connectivity index (χ0) is 11.9. The van der Waals surface area contributed by atoms with Gasteiger partial charge in [-0.2, -0.15) is 0 Å². The lowest BCUT2D eigenvalue weighted by atomic mass is 10.1. The zero-order valence-corrected chi connectivity index (χ0v) is 10.7. The van der Waals surface area contributed by atoms with Crippen LogP contribution in [0.15, 0.2) is 24.3 Å². The summed E-state index contributed by atoms with van der Waals surface area (Å²) in [5.74, 6) is 1.01. The molecule has 0 unspecified atom stereocenters. The molecule has 17 heavy (non-hydrogen) atoms. The maximum Gasteiger partial charge on any atom is 0.0719 e. The Balaban J connectivity index is 1.76. The van der Waals surface area contributed by atoms with Crippen molar-refractivity contribution >= 4 is 0 Å². The van der Waals surface area contributed by atoms with Crippen LogP contribution in [0.2, 0.25) is 0 Å². The molecule has 0 heterocycles. The molecule has 0 aromatic heterocycles. The fourth-order valence-electron chi connectivity index (χ4n) is 2.02. The summed E-state index contributed by atoms with van der Waals surface area (Å²) in [4.78, 5) is 0. The first-order chi connectivity index (χ1) is 8.40. The van der Waals surface area contributed by atoms with Crippen LogP contribution in [0.1, 0.15) is 37.3 Å². The average molecular weight is 233 g/mol. The van der Waals surface area contributed by atoms with Gasteiger partial charge in [-0.3, -0.25) is 0 Å². The summed E-state index contributed by atoms with van der Waals surface area (Å²) in [6.45, 7) is 5.67. The molecule has 0 atom stereocenters. The number of hydrogen-bond acceptors (Lipinski definition) is 2. The normalized spacial score (nSPS) is 15.1. The number of rotatable bonds is 8. The molecule has 0 amide bonds. The van der Waals surface area contributed by atoms with Crippen LogP contribution in [0, 0.1) is 5.92 Å². The van der Waals surface area contributed by atoms with Crippen LogP contribution in [0.25, 0.3) is 0 Å². The maximum absolute atomic E-state index is 5.49. The molecule has 2 heteroatoms. The van der Waals surface area contributed by atoms with E-state index >= 15 is 0 Å². The third kappa shape index (κ3) is 4.49. The van der Waals surface area contributed by atoms with E-state index in [2.05, 4.69) is 29.6 Å². The van der Waals surface area contributed by atoms with Crippen molar-refractivity contribution in [2.75, 3.05) is 13.2 Å². The fraction of sp³-hybridized carbons (Fsp3) is 0.600. The van der Waals surface area contributed by atoms with Crippen LogP contribution in [0.4, 0.5) is 0 Å². The molecule has 1 saturated carbocycles. The van der Waals surface area contributed by atoms with Crippen LogP contribution in [-0.2, 0) is 17.9 Å². The van der Waals surface area contributed by atoms with Crippen molar-refractivity contribution < 1.29 is 4.74 Å². The highest BCUT2D eigenvalue weighted by Gasteiger charge is 2.19. The molecule has 1 aromatic carbocycles. The van der Waals surface area contributed by atoms with E-state index in [-0.39, 0.29) is 0 Å². The first kappa shape index (κ1) is 12.6. The van der Waals surface area contributed by atoms with Gasteiger partial charge in [-0.15, -0.1) is 0 Å². The molecule has 1 aromatic rings. The first-order valence-electron chi connectivity index (χ1n) is 6.75. The Labute approximate surface area is 104 Å². The van der Waals surface area contributed by atoms with Gasteiger partial charge in [0.2, 0.25) is 0 Å². The summed E-state index contributed by atoms with van der Waals surface area (Å²) >= 11 is 0.